The van der Waals surface area contributed by atoms with Crippen molar-refractivity contribution in [2.75, 3.05) is 32.7 Å². The Bertz CT molecular complexity index is 599. The highest BCUT2D eigenvalue weighted by Crippen LogP contribution is 2.25. The van der Waals surface area contributed by atoms with E-state index < -0.39 is 0 Å². The van der Waals surface area contributed by atoms with Gasteiger partial charge in [0.05, 0.1) is 12.6 Å². The molecule has 2 aliphatic rings. The van der Waals surface area contributed by atoms with Gasteiger partial charge in [-0.05, 0) is 50.0 Å². The number of amides is 2. The molecule has 2 fully saturated rings. The maximum absolute atomic E-state index is 12.3. The number of nitrogens with zero attached hydrogens (tertiary/aromatic N) is 2. The van der Waals surface area contributed by atoms with E-state index in [1.54, 1.807) is 4.90 Å². The highest BCUT2D eigenvalue weighted by Gasteiger charge is 2.25. The van der Waals surface area contributed by atoms with Crippen LogP contribution in [0.25, 0.3) is 0 Å². The number of carbonyl (C=O) groups is 2. The van der Waals surface area contributed by atoms with Crippen LogP contribution < -0.4 is 5.32 Å². The number of halogens is 1. The van der Waals surface area contributed by atoms with Gasteiger partial charge in [0.1, 0.15) is 0 Å². The molecule has 0 aliphatic carbocycles. The molecule has 6 heteroatoms. The number of nitrogens with one attached hydrogen (secondary N) is 1. The van der Waals surface area contributed by atoms with Crippen molar-refractivity contribution < 1.29 is 9.59 Å². The van der Waals surface area contributed by atoms with Gasteiger partial charge in [-0.25, -0.2) is 0 Å². The lowest BCUT2D eigenvalue weighted by molar-refractivity contribution is -0.133. The zero-order chi connectivity index (χ0) is 17.6. The van der Waals surface area contributed by atoms with Crippen molar-refractivity contribution >= 4 is 23.4 Å². The molecule has 5 nitrogen and oxygen atoms in total. The van der Waals surface area contributed by atoms with Gasteiger partial charge in [-0.1, -0.05) is 30.2 Å². The quantitative estimate of drug-likeness (QED) is 0.845. The fourth-order valence-electron chi connectivity index (χ4n) is 3.68. The lowest BCUT2D eigenvalue weighted by Crippen LogP contribution is -2.43. The first-order valence-electron chi connectivity index (χ1n) is 9.17. The Morgan fingerprint density at radius 2 is 1.80 bits per heavy atom. The fraction of sp³-hybridized carbons (Fsp3) is 0.579. The first-order valence-corrected chi connectivity index (χ1v) is 9.55. The fourth-order valence-corrected chi connectivity index (χ4v) is 3.81. The SMILES string of the molecule is O=C(CN1CCCC1=O)NC[C@@H](c1ccc(Cl)cc1)N1CCCCC1. The average Bonchev–Trinajstić information content (AvgIpc) is 3.02. The van der Waals surface area contributed by atoms with Gasteiger partial charge in [0.25, 0.3) is 0 Å². The summed E-state index contributed by atoms with van der Waals surface area (Å²) in [5.41, 5.74) is 1.17. The molecular formula is C19H26ClN3O2. The summed E-state index contributed by atoms with van der Waals surface area (Å²) in [5.74, 6) is 0.00616. The number of benzene rings is 1. The predicted octanol–water partition coefficient (Wildman–Crippen LogP) is 2.61. The van der Waals surface area contributed by atoms with E-state index in [-0.39, 0.29) is 24.4 Å². The van der Waals surface area contributed by atoms with Gasteiger partial charge in [0.2, 0.25) is 11.8 Å². The largest absolute Gasteiger partial charge is 0.353 e. The van der Waals surface area contributed by atoms with Gasteiger partial charge in [0, 0.05) is 24.5 Å². The topological polar surface area (TPSA) is 52.7 Å². The smallest absolute Gasteiger partial charge is 0.239 e. The minimum Gasteiger partial charge on any atom is -0.353 e. The molecule has 136 valence electrons. The number of hydrogen-bond donors (Lipinski definition) is 1. The third-order valence-electron chi connectivity index (χ3n) is 5.08. The van der Waals surface area contributed by atoms with Crippen molar-refractivity contribution in [1.29, 1.82) is 0 Å². The van der Waals surface area contributed by atoms with Crippen molar-refractivity contribution in [1.82, 2.24) is 15.1 Å². The molecule has 2 heterocycles. The van der Waals surface area contributed by atoms with E-state index in [0.29, 0.717) is 19.5 Å². The third-order valence-corrected chi connectivity index (χ3v) is 5.34. The standard InChI is InChI=1S/C19H26ClN3O2/c20-16-8-6-15(7-9-16)17(22-10-2-1-3-11-22)13-21-18(24)14-23-12-4-5-19(23)25/h6-9,17H,1-5,10-14H2,(H,21,24)/t17-/m0/s1. The number of rotatable bonds is 6. The summed E-state index contributed by atoms with van der Waals surface area (Å²) in [4.78, 5) is 28.0. The van der Waals surface area contributed by atoms with E-state index >= 15 is 0 Å². The molecule has 2 amide bonds. The predicted molar refractivity (Wildman–Crippen MR) is 98.4 cm³/mol. The highest BCUT2D eigenvalue weighted by molar-refractivity contribution is 6.30. The molecule has 1 N–H and O–H groups in total. The van der Waals surface area contributed by atoms with Crippen LogP contribution in [0.3, 0.4) is 0 Å². The van der Waals surface area contributed by atoms with Gasteiger partial charge in [-0.2, -0.15) is 0 Å². The van der Waals surface area contributed by atoms with Crippen LogP contribution in [0, 0.1) is 0 Å². The summed E-state index contributed by atoms with van der Waals surface area (Å²) in [7, 11) is 0. The molecule has 0 bridgehead atoms. The number of piperidine rings is 1. The van der Waals surface area contributed by atoms with E-state index in [9.17, 15) is 9.59 Å². The van der Waals surface area contributed by atoms with Gasteiger partial charge < -0.3 is 10.2 Å². The highest BCUT2D eigenvalue weighted by atomic mass is 35.5. The molecule has 2 aliphatic heterocycles. The molecule has 25 heavy (non-hydrogen) atoms. The Balaban J connectivity index is 1.61. The van der Waals surface area contributed by atoms with Crippen molar-refractivity contribution in [2.24, 2.45) is 0 Å². The second kappa shape index (κ2) is 8.68. The van der Waals surface area contributed by atoms with Crippen LogP contribution in [0.2, 0.25) is 5.02 Å². The Kier molecular flexibility index (Phi) is 6.32. The van der Waals surface area contributed by atoms with Crippen LogP contribution in [-0.4, -0.2) is 54.3 Å². The van der Waals surface area contributed by atoms with Crippen LogP contribution in [0.15, 0.2) is 24.3 Å². The molecule has 0 radical (unpaired) electrons. The summed E-state index contributed by atoms with van der Waals surface area (Å²) in [5, 5.41) is 3.75. The average molecular weight is 364 g/mol. The van der Waals surface area contributed by atoms with Gasteiger partial charge >= 0.3 is 0 Å². The molecule has 0 aromatic heterocycles. The molecule has 3 rings (SSSR count). The van der Waals surface area contributed by atoms with Crippen molar-refractivity contribution in [3.8, 4) is 0 Å². The summed E-state index contributed by atoms with van der Waals surface area (Å²) >= 11 is 6.02. The van der Waals surface area contributed by atoms with Crippen molar-refractivity contribution in [3.63, 3.8) is 0 Å². The lowest BCUT2D eigenvalue weighted by Gasteiger charge is -2.35. The first kappa shape index (κ1) is 18.2. The molecule has 1 atom stereocenters. The zero-order valence-electron chi connectivity index (χ0n) is 14.5. The Labute approximate surface area is 154 Å². The Morgan fingerprint density at radius 3 is 2.44 bits per heavy atom. The zero-order valence-corrected chi connectivity index (χ0v) is 15.3. The van der Waals surface area contributed by atoms with Crippen LogP contribution in [0.1, 0.15) is 43.7 Å². The second-order valence-electron chi connectivity index (χ2n) is 6.89. The van der Waals surface area contributed by atoms with Crippen LogP contribution in [0.5, 0.6) is 0 Å². The molecule has 1 aromatic carbocycles. The molecular weight excluding hydrogens is 338 g/mol. The van der Waals surface area contributed by atoms with E-state index in [2.05, 4.69) is 10.2 Å². The van der Waals surface area contributed by atoms with Crippen LogP contribution in [-0.2, 0) is 9.59 Å². The normalized spacial score (nSPS) is 19.9. The number of hydrogen-bond acceptors (Lipinski definition) is 3. The lowest BCUT2D eigenvalue weighted by atomic mass is 10.0. The molecule has 0 saturated carbocycles. The first-order chi connectivity index (χ1) is 12.1. The summed E-state index contributed by atoms with van der Waals surface area (Å²) in [6, 6.07) is 8.03. The van der Waals surface area contributed by atoms with Gasteiger partial charge in [-0.15, -0.1) is 0 Å². The maximum Gasteiger partial charge on any atom is 0.239 e. The molecule has 0 unspecified atom stereocenters. The maximum atomic E-state index is 12.3. The summed E-state index contributed by atoms with van der Waals surface area (Å²) in [6.07, 6.45) is 5.08. The Hall–Kier alpha value is -1.59. The van der Waals surface area contributed by atoms with Crippen molar-refractivity contribution in [2.45, 2.75) is 38.1 Å². The van der Waals surface area contributed by atoms with Gasteiger partial charge in [-0.3, -0.25) is 14.5 Å². The monoisotopic (exact) mass is 363 g/mol. The second-order valence-corrected chi connectivity index (χ2v) is 7.32. The van der Waals surface area contributed by atoms with Crippen LogP contribution in [0.4, 0.5) is 0 Å². The molecule has 1 aromatic rings. The van der Waals surface area contributed by atoms with E-state index in [1.807, 2.05) is 24.3 Å². The van der Waals surface area contributed by atoms with E-state index in [0.717, 1.165) is 24.5 Å². The summed E-state index contributed by atoms with van der Waals surface area (Å²) < 4.78 is 0. The van der Waals surface area contributed by atoms with Gasteiger partial charge in [0.15, 0.2) is 0 Å². The van der Waals surface area contributed by atoms with E-state index in [4.69, 9.17) is 11.6 Å². The van der Waals surface area contributed by atoms with Crippen LogP contribution >= 0.6 is 11.6 Å². The Morgan fingerprint density at radius 1 is 1.08 bits per heavy atom. The summed E-state index contributed by atoms with van der Waals surface area (Å²) in [6.45, 7) is 3.52. The minimum absolute atomic E-state index is 0.0776. The molecule has 2 saturated heterocycles. The molecule has 0 spiro atoms. The number of carbonyl (C=O) groups excluding carboxylic acids is 2. The third kappa shape index (κ3) is 4.95. The minimum atomic E-state index is -0.0776. The van der Waals surface area contributed by atoms with E-state index in [1.165, 1.54) is 24.8 Å². The van der Waals surface area contributed by atoms with Crippen molar-refractivity contribution in [3.05, 3.63) is 34.9 Å². The number of likely N-dealkylation sites (tertiary alicyclic amines) is 2.